The molecule has 0 saturated heterocycles. The molecule has 0 amide bonds. The zero-order valence-corrected chi connectivity index (χ0v) is 10.8. The average molecular weight is 240 g/mol. The second kappa shape index (κ2) is 8.34. The van der Waals surface area contributed by atoms with Crippen LogP contribution in [0.1, 0.15) is 0 Å². The Morgan fingerprint density at radius 1 is 0.667 bits per heavy atom. The molecule has 0 rings (SSSR count). The van der Waals surface area contributed by atoms with E-state index in [1.54, 1.807) is 47.0 Å². The van der Waals surface area contributed by atoms with E-state index in [1.165, 1.54) is 0 Å². The molecule has 0 aromatic heterocycles. The molecule has 2 nitrogen and oxygen atoms in total. The summed E-state index contributed by atoms with van der Waals surface area (Å²) in [4.78, 5) is 0. The van der Waals surface area contributed by atoms with Gasteiger partial charge in [-0.2, -0.15) is 0 Å². The summed E-state index contributed by atoms with van der Waals surface area (Å²) in [6.45, 7) is 0. The molecule has 0 aliphatic rings. The first kappa shape index (κ1) is 12.7. The lowest BCUT2D eigenvalue weighted by atomic mass is 11.6. The Morgan fingerprint density at radius 3 is 1.08 bits per heavy atom. The highest BCUT2D eigenvalue weighted by atomic mass is 32.2. The van der Waals surface area contributed by atoms with Crippen LogP contribution < -0.4 is 0 Å². The highest BCUT2D eigenvalue weighted by Gasteiger charge is 1.94. The van der Waals surface area contributed by atoms with Gasteiger partial charge in [-0.05, 0) is 25.0 Å². The minimum Gasteiger partial charge on any atom is -0.135 e. The SMILES string of the molecule is CSC(=NN=C(SC)SC)SC. The Morgan fingerprint density at radius 2 is 0.917 bits per heavy atom. The molecule has 0 spiro atoms. The van der Waals surface area contributed by atoms with Crippen LogP contribution in [-0.2, 0) is 0 Å². The number of nitrogens with zero attached hydrogens (tertiary/aromatic N) is 2. The van der Waals surface area contributed by atoms with Crippen molar-refractivity contribution in [1.82, 2.24) is 0 Å². The zero-order valence-electron chi connectivity index (χ0n) is 7.53. The van der Waals surface area contributed by atoms with Gasteiger partial charge in [0.2, 0.25) is 0 Å². The molecule has 6 heteroatoms. The Labute approximate surface area is 90.8 Å². The van der Waals surface area contributed by atoms with Gasteiger partial charge in [0, 0.05) is 0 Å². The second-order valence-corrected chi connectivity index (χ2v) is 5.24. The lowest BCUT2D eigenvalue weighted by molar-refractivity contribution is 1.28. The van der Waals surface area contributed by atoms with Crippen LogP contribution >= 0.6 is 47.0 Å². The summed E-state index contributed by atoms with van der Waals surface area (Å²) in [6, 6.07) is 0. The van der Waals surface area contributed by atoms with Gasteiger partial charge >= 0.3 is 0 Å². The van der Waals surface area contributed by atoms with E-state index in [9.17, 15) is 0 Å². The molecule has 0 unspecified atom stereocenters. The van der Waals surface area contributed by atoms with Gasteiger partial charge in [0.25, 0.3) is 0 Å². The zero-order chi connectivity index (χ0) is 9.40. The molecular weight excluding hydrogens is 228 g/mol. The van der Waals surface area contributed by atoms with Crippen molar-refractivity contribution in [3.63, 3.8) is 0 Å². The molecule has 0 aromatic carbocycles. The Bertz CT molecular complexity index is 146. The fraction of sp³-hybridized carbons (Fsp3) is 0.667. The monoisotopic (exact) mass is 240 g/mol. The molecule has 12 heavy (non-hydrogen) atoms. The van der Waals surface area contributed by atoms with Gasteiger partial charge in [-0.1, -0.05) is 0 Å². The summed E-state index contributed by atoms with van der Waals surface area (Å²) in [5, 5.41) is 8.18. The van der Waals surface area contributed by atoms with Crippen LogP contribution in [0.2, 0.25) is 0 Å². The van der Waals surface area contributed by atoms with Crippen LogP contribution in [0, 0.1) is 0 Å². The normalized spacial score (nSPS) is 9.33. The number of hydrogen-bond donors (Lipinski definition) is 0. The molecule has 0 radical (unpaired) electrons. The standard InChI is InChI=1S/C6H12N2S4/c1-9-5(10-2)7-8-6(11-3)12-4/h1-4H3. The van der Waals surface area contributed by atoms with Gasteiger partial charge in [0.05, 0.1) is 0 Å². The van der Waals surface area contributed by atoms with E-state index >= 15 is 0 Å². The summed E-state index contributed by atoms with van der Waals surface area (Å²) >= 11 is 6.48. The van der Waals surface area contributed by atoms with Crippen molar-refractivity contribution in [1.29, 1.82) is 0 Å². The molecule has 0 N–H and O–H groups in total. The van der Waals surface area contributed by atoms with Crippen molar-refractivity contribution in [2.45, 2.75) is 0 Å². The van der Waals surface area contributed by atoms with E-state index in [1.807, 2.05) is 25.0 Å². The van der Waals surface area contributed by atoms with E-state index < -0.39 is 0 Å². The largest absolute Gasteiger partial charge is 0.152 e. The highest BCUT2D eigenvalue weighted by molar-refractivity contribution is 8.39. The number of thioether (sulfide) groups is 4. The third-order valence-electron chi connectivity index (χ3n) is 0.912. The van der Waals surface area contributed by atoms with Crippen molar-refractivity contribution < 1.29 is 0 Å². The van der Waals surface area contributed by atoms with Gasteiger partial charge in [0.1, 0.15) is 0 Å². The highest BCUT2D eigenvalue weighted by Crippen LogP contribution is 2.14. The van der Waals surface area contributed by atoms with Crippen molar-refractivity contribution in [2.24, 2.45) is 10.2 Å². The molecule has 0 bridgehead atoms. The van der Waals surface area contributed by atoms with Gasteiger partial charge in [0.15, 0.2) is 8.75 Å². The quantitative estimate of drug-likeness (QED) is 0.399. The molecule has 70 valence electrons. The van der Waals surface area contributed by atoms with Gasteiger partial charge in [-0.25, -0.2) is 0 Å². The number of rotatable bonds is 1. The van der Waals surface area contributed by atoms with E-state index in [-0.39, 0.29) is 0 Å². The van der Waals surface area contributed by atoms with E-state index in [2.05, 4.69) is 10.2 Å². The number of hydrogen-bond acceptors (Lipinski definition) is 6. The summed E-state index contributed by atoms with van der Waals surface area (Å²) in [7, 11) is 0. The van der Waals surface area contributed by atoms with Crippen molar-refractivity contribution in [3.05, 3.63) is 0 Å². The third-order valence-corrected chi connectivity index (χ3v) is 4.64. The molecule has 0 heterocycles. The smallest absolute Gasteiger partial charge is 0.135 e. The molecule has 0 saturated carbocycles. The molecule has 0 aliphatic carbocycles. The van der Waals surface area contributed by atoms with Crippen LogP contribution in [0.3, 0.4) is 0 Å². The van der Waals surface area contributed by atoms with E-state index in [0.29, 0.717) is 0 Å². The molecule has 0 fully saturated rings. The lowest BCUT2D eigenvalue weighted by Crippen LogP contribution is -1.84. The van der Waals surface area contributed by atoms with Gasteiger partial charge in [-0.3, -0.25) is 0 Å². The maximum absolute atomic E-state index is 4.09. The topological polar surface area (TPSA) is 24.7 Å². The Balaban J connectivity index is 4.20. The molecule has 0 aromatic rings. The van der Waals surface area contributed by atoms with Crippen molar-refractivity contribution in [3.8, 4) is 0 Å². The predicted octanol–water partition coefficient (Wildman–Crippen LogP) is 3.07. The lowest BCUT2D eigenvalue weighted by Gasteiger charge is -1.95. The Hall–Kier alpha value is 0.740. The van der Waals surface area contributed by atoms with Crippen molar-refractivity contribution in [2.75, 3.05) is 25.0 Å². The summed E-state index contributed by atoms with van der Waals surface area (Å²) in [6.07, 6.45) is 8.01. The second-order valence-electron chi connectivity index (χ2n) is 1.55. The van der Waals surface area contributed by atoms with Gasteiger partial charge < -0.3 is 0 Å². The maximum Gasteiger partial charge on any atom is 0.152 e. The van der Waals surface area contributed by atoms with E-state index in [0.717, 1.165) is 8.75 Å². The average Bonchev–Trinajstić information content (AvgIpc) is 2.13. The minimum atomic E-state index is 0.996. The van der Waals surface area contributed by atoms with E-state index in [4.69, 9.17) is 0 Å². The summed E-state index contributed by atoms with van der Waals surface area (Å²) < 4.78 is 1.99. The first-order valence-electron chi connectivity index (χ1n) is 3.10. The van der Waals surface area contributed by atoms with Crippen LogP contribution in [0.5, 0.6) is 0 Å². The predicted molar refractivity (Wildman–Crippen MR) is 68.9 cm³/mol. The summed E-state index contributed by atoms with van der Waals surface area (Å²) in [5.41, 5.74) is 0. The first-order chi connectivity index (χ1) is 5.78. The van der Waals surface area contributed by atoms with Crippen LogP contribution in [-0.4, -0.2) is 33.8 Å². The van der Waals surface area contributed by atoms with Crippen LogP contribution in [0.4, 0.5) is 0 Å². The minimum absolute atomic E-state index is 0.996. The maximum atomic E-state index is 4.09. The van der Waals surface area contributed by atoms with Gasteiger partial charge in [-0.15, -0.1) is 57.3 Å². The fourth-order valence-electron chi connectivity index (χ4n) is 0.412. The molecular formula is C6H12N2S4. The van der Waals surface area contributed by atoms with Crippen LogP contribution in [0.25, 0.3) is 0 Å². The van der Waals surface area contributed by atoms with Crippen LogP contribution in [0.15, 0.2) is 10.2 Å². The Kier molecular flexibility index (Phi) is 8.86. The first-order valence-corrected chi connectivity index (χ1v) is 8.00. The summed E-state index contributed by atoms with van der Waals surface area (Å²) in [5.74, 6) is 0. The fourth-order valence-corrected chi connectivity index (χ4v) is 2.23. The molecule has 0 atom stereocenters. The third kappa shape index (κ3) is 5.40. The van der Waals surface area contributed by atoms with Crippen molar-refractivity contribution >= 4 is 55.8 Å². The molecule has 0 aliphatic heterocycles.